The third-order valence-corrected chi connectivity index (χ3v) is 2.52. The van der Waals surface area contributed by atoms with Crippen LogP contribution in [0.15, 0.2) is 24.8 Å². The van der Waals surface area contributed by atoms with Gasteiger partial charge in [0, 0.05) is 26.2 Å². The van der Waals surface area contributed by atoms with Crippen LogP contribution >= 0.6 is 0 Å². The van der Waals surface area contributed by atoms with Crippen LogP contribution < -0.4 is 5.32 Å². The van der Waals surface area contributed by atoms with Crippen molar-refractivity contribution in [1.29, 1.82) is 0 Å². The van der Waals surface area contributed by atoms with Crippen LogP contribution in [0.4, 0.5) is 5.69 Å². The van der Waals surface area contributed by atoms with Gasteiger partial charge in [-0.15, -0.1) is 10.2 Å². The number of aromatic nitrogens is 4. The fourth-order valence-electron chi connectivity index (χ4n) is 1.56. The number of rotatable bonds is 5. The van der Waals surface area contributed by atoms with E-state index in [1.54, 1.807) is 6.33 Å². The lowest BCUT2D eigenvalue weighted by Crippen LogP contribution is -2.11. The maximum atomic E-state index is 11.0. The first-order chi connectivity index (χ1) is 8.68. The van der Waals surface area contributed by atoms with Crippen LogP contribution in [0.5, 0.6) is 0 Å². The van der Waals surface area contributed by atoms with Crippen LogP contribution in [-0.4, -0.2) is 37.4 Å². The molecule has 0 atom stereocenters. The Hall–Kier alpha value is -2.44. The van der Waals surface area contributed by atoms with Crippen molar-refractivity contribution in [2.45, 2.75) is 6.42 Å². The third-order valence-electron chi connectivity index (χ3n) is 2.52. The number of carbonyl (C=O) groups is 1. The molecule has 2 heterocycles. The van der Waals surface area contributed by atoms with Crippen molar-refractivity contribution in [2.75, 3.05) is 11.9 Å². The van der Waals surface area contributed by atoms with Crippen molar-refractivity contribution in [1.82, 2.24) is 19.7 Å². The molecule has 0 spiro atoms. The Morgan fingerprint density at radius 2 is 2.39 bits per heavy atom. The first-order valence-electron chi connectivity index (χ1n) is 5.42. The van der Waals surface area contributed by atoms with Gasteiger partial charge in [0.1, 0.15) is 12.2 Å². The van der Waals surface area contributed by atoms with E-state index in [9.17, 15) is 4.79 Å². The molecule has 0 amide bonds. The van der Waals surface area contributed by atoms with Gasteiger partial charge < -0.3 is 15.0 Å². The van der Waals surface area contributed by atoms with E-state index in [1.165, 1.54) is 18.5 Å². The van der Waals surface area contributed by atoms with Gasteiger partial charge in [-0.05, 0) is 6.07 Å². The molecule has 0 aliphatic heterocycles. The molecule has 0 radical (unpaired) electrons. The summed E-state index contributed by atoms with van der Waals surface area (Å²) < 4.78 is 1.82. The maximum Gasteiger partial charge on any atom is 0.337 e. The van der Waals surface area contributed by atoms with Gasteiger partial charge in [0.15, 0.2) is 0 Å². The summed E-state index contributed by atoms with van der Waals surface area (Å²) >= 11 is 0. The summed E-state index contributed by atoms with van der Waals surface area (Å²) in [4.78, 5) is 14.9. The summed E-state index contributed by atoms with van der Waals surface area (Å²) in [5.74, 6) is -0.137. The van der Waals surface area contributed by atoms with Crippen LogP contribution in [-0.2, 0) is 13.5 Å². The molecule has 0 aromatic carbocycles. The van der Waals surface area contributed by atoms with Crippen molar-refractivity contribution in [3.05, 3.63) is 36.2 Å². The molecule has 2 aromatic rings. The van der Waals surface area contributed by atoms with Gasteiger partial charge in [0.05, 0.1) is 17.4 Å². The van der Waals surface area contributed by atoms with Gasteiger partial charge in [-0.25, -0.2) is 4.79 Å². The molecule has 0 fully saturated rings. The highest BCUT2D eigenvalue weighted by Crippen LogP contribution is 2.12. The fourth-order valence-corrected chi connectivity index (χ4v) is 1.56. The Kier molecular flexibility index (Phi) is 3.52. The predicted octanol–water partition coefficient (Wildman–Crippen LogP) is 0.563. The molecule has 0 saturated heterocycles. The van der Waals surface area contributed by atoms with Crippen molar-refractivity contribution in [3.8, 4) is 0 Å². The van der Waals surface area contributed by atoms with E-state index in [0.717, 1.165) is 5.82 Å². The largest absolute Gasteiger partial charge is 0.478 e. The second-order valence-electron chi connectivity index (χ2n) is 3.76. The second-order valence-corrected chi connectivity index (χ2v) is 3.76. The zero-order chi connectivity index (χ0) is 13.0. The van der Waals surface area contributed by atoms with Gasteiger partial charge in [0.25, 0.3) is 0 Å². The SMILES string of the molecule is Cn1cnnc1CCNc1cnccc1C(=O)O. The summed E-state index contributed by atoms with van der Waals surface area (Å²) in [7, 11) is 1.86. The molecule has 94 valence electrons. The molecular formula is C11H13N5O2. The lowest BCUT2D eigenvalue weighted by molar-refractivity contribution is 0.0698. The van der Waals surface area contributed by atoms with E-state index in [0.29, 0.717) is 18.7 Å². The molecule has 0 saturated carbocycles. The molecule has 7 heteroatoms. The normalized spacial score (nSPS) is 10.3. The van der Waals surface area contributed by atoms with E-state index in [1.807, 2.05) is 11.6 Å². The quantitative estimate of drug-likeness (QED) is 0.802. The minimum atomic E-state index is -0.974. The summed E-state index contributed by atoms with van der Waals surface area (Å²) in [6, 6.07) is 1.47. The van der Waals surface area contributed by atoms with E-state index < -0.39 is 5.97 Å². The Morgan fingerprint density at radius 1 is 1.56 bits per heavy atom. The molecule has 18 heavy (non-hydrogen) atoms. The number of carboxylic acids is 1. The van der Waals surface area contributed by atoms with E-state index in [2.05, 4.69) is 20.5 Å². The molecule has 0 bridgehead atoms. The van der Waals surface area contributed by atoms with E-state index in [-0.39, 0.29) is 5.56 Å². The lowest BCUT2D eigenvalue weighted by Gasteiger charge is -2.08. The number of hydrogen-bond donors (Lipinski definition) is 2. The molecule has 0 aliphatic carbocycles. The van der Waals surface area contributed by atoms with Gasteiger partial charge >= 0.3 is 5.97 Å². The average molecular weight is 247 g/mol. The van der Waals surface area contributed by atoms with Crippen molar-refractivity contribution in [2.24, 2.45) is 7.05 Å². The molecule has 2 rings (SSSR count). The number of nitrogens with one attached hydrogen (secondary N) is 1. The molecule has 2 aromatic heterocycles. The second kappa shape index (κ2) is 5.26. The third kappa shape index (κ3) is 2.62. The predicted molar refractivity (Wildman–Crippen MR) is 64.4 cm³/mol. The van der Waals surface area contributed by atoms with Gasteiger partial charge in [0.2, 0.25) is 0 Å². The standard InChI is InChI=1S/C11H13N5O2/c1-16-7-14-15-10(16)3-5-13-9-6-12-4-2-8(9)11(17)18/h2,4,6-7,13H,3,5H2,1H3,(H,17,18). The highest BCUT2D eigenvalue weighted by molar-refractivity contribution is 5.93. The summed E-state index contributed by atoms with van der Waals surface area (Å²) in [6.45, 7) is 0.568. The number of carboxylic acid groups (broad SMARTS) is 1. The molecule has 0 unspecified atom stereocenters. The number of hydrogen-bond acceptors (Lipinski definition) is 5. The highest BCUT2D eigenvalue weighted by atomic mass is 16.4. The highest BCUT2D eigenvalue weighted by Gasteiger charge is 2.09. The van der Waals surface area contributed by atoms with E-state index in [4.69, 9.17) is 5.11 Å². The zero-order valence-corrected chi connectivity index (χ0v) is 9.87. The van der Waals surface area contributed by atoms with Gasteiger partial charge in [-0.3, -0.25) is 4.98 Å². The Morgan fingerprint density at radius 3 is 3.06 bits per heavy atom. The van der Waals surface area contributed by atoms with Crippen LogP contribution in [0.25, 0.3) is 0 Å². The first-order valence-corrected chi connectivity index (χ1v) is 5.42. The Bertz CT molecular complexity index is 552. The summed E-state index contributed by atoms with van der Waals surface area (Å²) in [5.41, 5.74) is 0.718. The smallest absolute Gasteiger partial charge is 0.337 e. The van der Waals surface area contributed by atoms with Crippen molar-refractivity contribution >= 4 is 11.7 Å². The summed E-state index contributed by atoms with van der Waals surface area (Å²) in [5, 5.41) is 19.8. The number of nitrogens with zero attached hydrogens (tertiary/aromatic N) is 4. The maximum absolute atomic E-state index is 11.0. The average Bonchev–Trinajstić information content (AvgIpc) is 2.76. The Balaban J connectivity index is 1.99. The minimum absolute atomic E-state index is 0.211. The molecular weight excluding hydrogens is 234 g/mol. The van der Waals surface area contributed by atoms with Crippen LogP contribution in [0.3, 0.4) is 0 Å². The fraction of sp³-hybridized carbons (Fsp3) is 0.273. The topological polar surface area (TPSA) is 92.9 Å². The lowest BCUT2D eigenvalue weighted by atomic mass is 10.2. The number of aromatic carboxylic acids is 1. The number of pyridine rings is 1. The molecule has 7 nitrogen and oxygen atoms in total. The van der Waals surface area contributed by atoms with Crippen molar-refractivity contribution < 1.29 is 9.90 Å². The van der Waals surface area contributed by atoms with Crippen molar-refractivity contribution in [3.63, 3.8) is 0 Å². The molecule has 0 aliphatic rings. The van der Waals surface area contributed by atoms with Crippen LogP contribution in [0.1, 0.15) is 16.2 Å². The van der Waals surface area contributed by atoms with E-state index >= 15 is 0 Å². The van der Waals surface area contributed by atoms with Gasteiger partial charge in [-0.2, -0.15) is 0 Å². The molecule has 2 N–H and O–H groups in total. The van der Waals surface area contributed by atoms with Gasteiger partial charge in [-0.1, -0.05) is 0 Å². The van der Waals surface area contributed by atoms with Crippen LogP contribution in [0.2, 0.25) is 0 Å². The van der Waals surface area contributed by atoms with Crippen LogP contribution in [0, 0.1) is 0 Å². The first kappa shape index (κ1) is 12.0. The number of anilines is 1. The number of aryl methyl sites for hydroxylation is 1. The Labute approximate surface area is 104 Å². The monoisotopic (exact) mass is 247 g/mol. The zero-order valence-electron chi connectivity index (χ0n) is 9.87. The minimum Gasteiger partial charge on any atom is -0.478 e. The summed E-state index contributed by atoms with van der Waals surface area (Å²) in [6.07, 6.45) is 5.24.